The zero-order chi connectivity index (χ0) is 13.9. The third-order valence-electron chi connectivity index (χ3n) is 3.27. The minimum atomic E-state index is 0.755. The molecule has 0 saturated heterocycles. The Balaban J connectivity index is 1.70. The molecule has 1 aromatic heterocycles. The van der Waals surface area contributed by atoms with E-state index in [1.807, 2.05) is 24.3 Å². The van der Waals surface area contributed by atoms with E-state index in [1.165, 1.54) is 10.9 Å². The van der Waals surface area contributed by atoms with Gasteiger partial charge in [-0.05, 0) is 36.4 Å². The van der Waals surface area contributed by atoms with Crippen LogP contribution in [0.1, 0.15) is 0 Å². The highest BCUT2D eigenvalue weighted by Crippen LogP contribution is 2.24. The number of fused-ring (bicyclic) bond motifs is 1. The molecule has 0 aliphatic rings. The summed E-state index contributed by atoms with van der Waals surface area (Å²) in [5.41, 5.74) is 2.29. The lowest BCUT2D eigenvalue weighted by Gasteiger charge is -2.09. The van der Waals surface area contributed by atoms with Gasteiger partial charge < -0.3 is 9.88 Å². The summed E-state index contributed by atoms with van der Waals surface area (Å²) in [6, 6.07) is 16.2. The molecule has 2 nitrogen and oxygen atoms in total. The Kier molecular flexibility index (Phi) is 3.99. The fourth-order valence-corrected chi connectivity index (χ4v) is 2.98. The van der Waals surface area contributed by atoms with Gasteiger partial charge >= 0.3 is 0 Å². The molecule has 0 atom stereocenters. The van der Waals surface area contributed by atoms with Crippen LogP contribution in [0, 0.1) is 0 Å². The number of halogens is 2. The average Bonchev–Trinajstić information content (AvgIpc) is 2.84. The minimum absolute atomic E-state index is 0.755. The van der Waals surface area contributed by atoms with E-state index in [1.54, 1.807) is 0 Å². The lowest BCUT2D eigenvalue weighted by atomic mass is 10.2. The van der Waals surface area contributed by atoms with Crippen LogP contribution in [0.2, 0.25) is 5.02 Å². The normalized spacial score (nSPS) is 10.9. The van der Waals surface area contributed by atoms with Crippen molar-refractivity contribution in [2.24, 2.45) is 0 Å². The van der Waals surface area contributed by atoms with Crippen LogP contribution in [0.4, 0.5) is 5.69 Å². The van der Waals surface area contributed by atoms with Gasteiger partial charge in [0.15, 0.2) is 0 Å². The van der Waals surface area contributed by atoms with Crippen molar-refractivity contribution < 1.29 is 0 Å². The molecule has 0 radical (unpaired) electrons. The molecule has 0 saturated carbocycles. The van der Waals surface area contributed by atoms with E-state index >= 15 is 0 Å². The summed E-state index contributed by atoms with van der Waals surface area (Å²) in [5.74, 6) is 0. The third-order valence-corrected chi connectivity index (χ3v) is 4.19. The van der Waals surface area contributed by atoms with Crippen LogP contribution in [0.3, 0.4) is 0 Å². The monoisotopic (exact) mass is 348 g/mol. The van der Waals surface area contributed by atoms with Crippen LogP contribution < -0.4 is 5.32 Å². The van der Waals surface area contributed by atoms with Gasteiger partial charge in [-0.2, -0.15) is 0 Å². The van der Waals surface area contributed by atoms with Crippen LogP contribution >= 0.6 is 27.5 Å². The summed E-state index contributed by atoms with van der Waals surface area (Å²) in [7, 11) is 0. The average molecular weight is 350 g/mol. The van der Waals surface area contributed by atoms with Gasteiger partial charge in [-0.3, -0.25) is 0 Å². The number of anilines is 1. The first-order valence-electron chi connectivity index (χ1n) is 6.47. The number of benzene rings is 2. The maximum Gasteiger partial charge on any atom is 0.0492 e. The summed E-state index contributed by atoms with van der Waals surface area (Å²) in [5, 5.41) is 5.39. The molecule has 0 spiro atoms. The topological polar surface area (TPSA) is 17.0 Å². The molecule has 1 heterocycles. The van der Waals surface area contributed by atoms with Crippen molar-refractivity contribution in [2.45, 2.75) is 6.54 Å². The van der Waals surface area contributed by atoms with Crippen LogP contribution in [0.5, 0.6) is 0 Å². The summed E-state index contributed by atoms with van der Waals surface area (Å²) in [4.78, 5) is 0. The minimum Gasteiger partial charge on any atom is -0.383 e. The summed E-state index contributed by atoms with van der Waals surface area (Å²) < 4.78 is 3.38. The SMILES string of the molecule is Clc1cccc(NCCn2ccc3c(Br)cccc32)c1. The van der Waals surface area contributed by atoms with Crippen LogP contribution in [0.25, 0.3) is 10.9 Å². The van der Waals surface area contributed by atoms with E-state index in [0.717, 1.165) is 28.3 Å². The Morgan fingerprint density at radius 2 is 1.95 bits per heavy atom. The number of rotatable bonds is 4. The Hall–Kier alpha value is -1.45. The summed E-state index contributed by atoms with van der Waals surface area (Å²) in [6.45, 7) is 1.77. The Bertz CT molecular complexity index is 736. The van der Waals surface area contributed by atoms with E-state index in [4.69, 9.17) is 11.6 Å². The highest BCUT2D eigenvalue weighted by Gasteiger charge is 2.03. The van der Waals surface area contributed by atoms with Crippen LogP contribution in [-0.4, -0.2) is 11.1 Å². The lowest BCUT2D eigenvalue weighted by Crippen LogP contribution is -2.09. The van der Waals surface area contributed by atoms with Gasteiger partial charge in [-0.15, -0.1) is 0 Å². The maximum atomic E-state index is 5.97. The Morgan fingerprint density at radius 1 is 1.10 bits per heavy atom. The van der Waals surface area contributed by atoms with Crippen molar-refractivity contribution in [1.82, 2.24) is 4.57 Å². The number of nitrogens with one attached hydrogen (secondary N) is 1. The molecule has 20 heavy (non-hydrogen) atoms. The molecule has 102 valence electrons. The van der Waals surface area contributed by atoms with Crippen LogP contribution in [-0.2, 0) is 6.54 Å². The van der Waals surface area contributed by atoms with Crippen LogP contribution in [0.15, 0.2) is 59.2 Å². The molecule has 2 aromatic carbocycles. The molecule has 1 N–H and O–H groups in total. The molecular formula is C16H14BrClN2. The van der Waals surface area contributed by atoms with E-state index < -0.39 is 0 Å². The largest absolute Gasteiger partial charge is 0.383 e. The molecule has 0 aliphatic heterocycles. The summed E-state index contributed by atoms with van der Waals surface area (Å²) in [6.07, 6.45) is 2.12. The van der Waals surface area contributed by atoms with E-state index in [0.29, 0.717) is 0 Å². The van der Waals surface area contributed by atoms with Gasteiger partial charge in [0.05, 0.1) is 0 Å². The molecule has 0 aliphatic carbocycles. The first-order chi connectivity index (χ1) is 9.74. The lowest BCUT2D eigenvalue weighted by molar-refractivity contribution is 0.757. The maximum absolute atomic E-state index is 5.97. The van der Waals surface area contributed by atoms with E-state index in [2.05, 4.69) is 56.3 Å². The number of hydrogen-bond acceptors (Lipinski definition) is 1. The van der Waals surface area contributed by atoms with Crippen molar-refractivity contribution in [3.63, 3.8) is 0 Å². The zero-order valence-electron chi connectivity index (χ0n) is 10.8. The third kappa shape index (κ3) is 2.84. The second-order valence-corrected chi connectivity index (χ2v) is 5.91. The molecule has 3 rings (SSSR count). The van der Waals surface area contributed by atoms with Gasteiger partial charge in [-0.1, -0.05) is 39.7 Å². The molecule has 0 unspecified atom stereocenters. The Morgan fingerprint density at radius 3 is 2.80 bits per heavy atom. The van der Waals surface area contributed by atoms with Crippen molar-refractivity contribution in [3.8, 4) is 0 Å². The fourth-order valence-electron chi connectivity index (χ4n) is 2.30. The molecule has 0 amide bonds. The van der Waals surface area contributed by atoms with Gasteiger partial charge in [-0.25, -0.2) is 0 Å². The molecule has 0 bridgehead atoms. The first kappa shape index (κ1) is 13.5. The van der Waals surface area contributed by atoms with Gasteiger partial charge in [0, 0.05) is 45.4 Å². The van der Waals surface area contributed by atoms with Gasteiger partial charge in [0.25, 0.3) is 0 Å². The standard InChI is InChI=1S/C16H14BrClN2/c17-15-5-2-6-16-14(15)7-9-20(16)10-8-19-13-4-1-3-12(18)11-13/h1-7,9,11,19H,8,10H2. The highest BCUT2D eigenvalue weighted by molar-refractivity contribution is 9.10. The van der Waals surface area contributed by atoms with Gasteiger partial charge in [0.1, 0.15) is 0 Å². The van der Waals surface area contributed by atoms with E-state index in [9.17, 15) is 0 Å². The predicted molar refractivity (Wildman–Crippen MR) is 89.6 cm³/mol. The summed E-state index contributed by atoms with van der Waals surface area (Å²) >= 11 is 9.55. The fraction of sp³-hybridized carbons (Fsp3) is 0.125. The molecular weight excluding hydrogens is 336 g/mol. The number of hydrogen-bond donors (Lipinski definition) is 1. The van der Waals surface area contributed by atoms with Crippen molar-refractivity contribution in [2.75, 3.05) is 11.9 Å². The molecule has 0 fully saturated rings. The highest BCUT2D eigenvalue weighted by atomic mass is 79.9. The quantitative estimate of drug-likeness (QED) is 0.687. The predicted octanol–water partition coefficient (Wildman–Crippen LogP) is 5.17. The smallest absolute Gasteiger partial charge is 0.0492 e. The molecule has 3 aromatic rings. The second kappa shape index (κ2) is 5.90. The first-order valence-corrected chi connectivity index (χ1v) is 7.64. The van der Waals surface area contributed by atoms with Crippen molar-refractivity contribution >= 4 is 44.1 Å². The van der Waals surface area contributed by atoms with Crippen molar-refractivity contribution in [3.05, 3.63) is 64.2 Å². The van der Waals surface area contributed by atoms with Crippen molar-refractivity contribution in [1.29, 1.82) is 0 Å². The second-order valence-electron chi connectivity index (χ2n) is 4.62. The number of aromatic nitrogens is 1. The molecule has 4 heteroatoms. The zero-order valence-corrected chi connectivity index (χ0v) is 13.2. The van der Waals surface area contributed by atoms with Gasteiger partial charge in [0.2, 0.25) is 0 Å². The Labute approximate surface area is 131 Å². The van der Waals surface area contributed by atoms with E-state index in [-0.39, 0.29) is 0 Å². The number of nitrogens with zero attached hydrogens (tertiary/aromatic N) is 1.